The van der Waals surface area contributed by atoms with Gasteiger partial charge in [0.25, 0.3) is 5.89 Å². The van der Waals surface area contributed by atoms with Crippen LogP contribution in [-0.2, 0) is 4.74 Å². The average Bonchev–Trinajstić information content (AvgIpc) is 2.85. The lowest BCUT2D eigenvalue weighted by Crippen LogP contribution is -2.18. The minimum atomic E-state index is -0.497. The zero-order chi connectivity index (χ0) is 13.8. The van der Waals surface area contributed by atoms with E-state index in [1.54, 1.807) is 12.1 Å². The summed E-state index contributed by atoms with van der Waals surface area (Å²) in [6, 6.07) is 4.11. The SMILES string of the molecule is CCOCC(N)c1noc(-c2c(F)cccc2Br)n1. The van der Waals surface area contributed by atoms with E-state index in [4.69, 9.17) is 15.0 Å². The topological polar surface area (TPSA) is 74.2 Å². The molecule has 19 heavy (non-hydrogen) atoms. The highest BCUT2D eigenvalue weighted by Gasteiger charge is 2.19. The first-order valence-corrected chi connectivity index (χ1v) is 6.54. The average molecular weight is 330 g/mol. The summed E-state index contributed by atoms with van der Waals surface area (Å²) in [6.07, 6.45) is 0. The molecule has 7 heteroatoms. The Morgan fingerprint density at radius 1 is 1.53 bits per heavy atom. The molecular weight excluding hydrogens is 317 g/mol. The van der Waals surface area contributed by atoms with E-state index in [1.807, 2.05) is 6.92 Å². The van der Waals surface area contributed by atoms with E-state index >= 15 is 0 Å². The van der Waals surface area contributed by atoms with Crippen LogP contribution in [0.5, 0.6) is 0 Å². The molecule has 0 saturated carbocycles. The molecule has 0 amide bonds. The Morgan fingerprint density at radius 2 is 2.32 bits per heavy atom. The van der Waals surface area contributed by atoms with Crippen LogP contribution >= 0.6 is 15.9 Å². The number of rotatable bonds is 5. The predicted octanol–water partition coefficient (Wildman–Crippen LogP) is 2.67. The second-order valence-corrected chi connectivity index (χ2v) is 4.67. The molecule has 0 aliphatic heterocycles. The van der Waals surface area contributed by atoms with Crippen molar-refractivity contribution in [3.8, 4) is 11.5 Å². The number of hydrogen-bond donors (Lipinski definition) is 1. The molecule has 0 fully saturated rings. The van der Waals surface area contributed by atoms with E-state index in [0.29, 0.717) is 16.9 Å². The van der Waals surface area contributed by atoms with Crippen LogP contribution in [0.3, 0.4) is 0 Å². The monoisotopic (exact) mass is 329 g/mol. The van der Waals surface area contributed by atoms with E-state index in [0.717, 1.165) is 0 Å². The second-order valence-electron chi connectivity index (χ2n) is 3.82. The molecule has 2 aromatic rings. The summed E-state index contributed by atoms with van der Waals surface area (Å²) < 4.78 is 24.5. The number of nitrogens with two attached hydrogens (primary N) is 1. The zero-order valence-electron chi connectivity index (χ0n) is 10.3. The zero-order valence-corrected chi connectivity index (χ0v) is 11.9. The molecule has 2 rings (SSSR count). The van der Waals surface area contributed by atoms with Crippen LogP contribution in [-0.4, -0.2) is 23.4 Å². The van der Waals surface area contributed by atoms with Crippen molar-refractivity contribution >= 4 is 15.9 Å². The van der Waals surface area contributed by atoms with Gasteiger partial charge in [-0.2, -0.15) is 4.98 Å². The van der Waals surface area contributed by atoms with Gasteiger partial charge in [0.05, 0.1) is 18.2 Å². The van der Waals surface area contributed by atoms with Crippen LogP contribution in [0.2, 0.25) is 0 Å². The molecule has 102 valence electrons. The molecule has 5 nitrogen and oxygen atoms in total. The summed E-state index contributed by atoms with van der Waals surface area (Å²) >= 11 is 3.25. The summed E-state index contributed by atoms with van der Waals surface area (Å²) in [5.41, 5.74) is 6.06. The number of halogens is 2. The molecule has 0 saturated heterocycles. The Balaban J connectivity index is 2.26. The molecule has 0 bridgehead atoms. The molecule has 0 spiro atoms. The third-order valence-electron chi connectivity index (χ3n) is 2.45. The second kappa shape index (κ2) is 6.23. The summed E-state index contributed by atoms with van der Waals surface area (Å²) in [7, 11) is 0. The van der Waals surface area contributed by atoms with Crippen LogP contribution in [0.15, 0.2) is 27.2 Å². The quantitative estimate of drug-likeness (QED) is 0.912. The Bertz CT molecular complexity index is 541. The molecule has 1 heterocycles. The van der Waals surface area contributed by atoms with E-state index in [2.05, 4.69) is 26.1 Å². The fraction of sp³-hybridized carbons (Fsp3) is 0.333. The van der Waals surface area contributed by atoms with Gasteiger partial charge >= 0.3 is 0 Å². The van der Waals surface area contributed by atoms with Gasteiger partial charge in [-0.25, -0.2) is 4.39 Å². The first kappa shape index (κ1) is 14.1. The molecule has 0 aliphatic rings. The first-order valence-electron chi connectivity index (χ1n) is 5.74. The highest BCUT2D eigenvalue weighted by atomic mass is 79.9. The minimum Gasteiger partial charge on any atom is -0.380 e. The standard InChI is InChI=1S/C12H13BrFN3O2/c1-2-18-6-9(15)11-16-12(19-17-11)10-7(13)4-3-5-8(10)14/h3-5,9H,2,6,15H2,1H3. The van der Waals surface area contributed by atoms with Gasteiger partial charge < -0.3 is 15.0 Å². The highest BCUT2D eigenvalue weighted by Crippen LogP contribution is 2.29. The fourth-order valence-electron chi connectivity index (χ4n) is 1.51. The van der Waals surface area contributed by atoms with Gasteiger partial charge in [0.15, 0.2) is 5.82 Å². The number of nitrogens with zero attached hydrogens (tertiary/aromatic N) is 2. The number of ether oxygens (including phenoxy) is 1. The summed E-state index contributed by atoms with van der Waals surface area (Å²) in [5, 5.41) is 3.75. The van der Waals surface area contributed by atoms with Crippen molar-refractivity contribution in [1.29, 1.82) is 0 Å². The van der Waals surface area contributed by atoms with Gasteiger partial charge in [-0.3, -0.25) is 0 Å². The highest BCUT2D eigenvalue weighted by molar-refractivity contribution is 9.10. The number of aromatic nitrogens is 2. The molecule has 1 unspecified atom stereocenters. The van der Waals surface area contributed by atoms with E-state index < -0.39 is 11.9 Å². The van der Waals surface area contributed by atoms with Crippen LogP contribution in [0.4, 0.5) is 4.39 Å². The third-order valence-corrected chi connectivity index (χ3v) is 3.11. The van der Waals surface area contributed by atoms with Gasteiger partial charge in [0.1, 0.15) is 5.82 Å². The van der Waals surface area contributed by atoms with E-state index in [9.17, 15) is 4.39 Å². The molecule has 1 atom stereocenters. The molecule has 0 aliphatic carbocycles. The van der Waals surface area contributed by atoms with Gasteiger partial charge in [0.2, 0.25) is 0 Å². The van der Waals surface area contributed by atoms with Crippen molar-refractivity contribution in [1.82, 2.24) is 10.1 Å². The van der Waals surface area contributed by atoms with Crippen LogP contribution < -0.4 is 5.73 Å². The van der Waals surface area contributed by atoms with Crippen molar-refractivity contribution in [3.63, 3.8) is 0 Å². The van der Waals surface area contributed by atoms with Gasteiger partial charge in [-0.1, -0.05) is 11.2 Å². The smallest absolute Gasteiger partial charge is 0.262 e. The lowest BCUT2D eigenvalue weighted by atomic mass is 10.2. The van der Waals surface area contributed by atoms with Crippen molar-refractivity contribution in [2.75, 3.05) is 13.2 Å². The lowest BCUT2D eigenvalue weighted by Gasteiger charge is -2.05. The van der Waals surface area contributed by atoms with Crippen LogP contribution in [0.1, 0.15) is 18.8 Å². The Morgan fingerprint density at radius 3 is 3.00 bits per heavy atom. The van der Waals surface area contributed by atoms with Gasteiger partial charge in [-0.15, -0.1) is 0 Å². The predicted molar refractivity (Wildman–Crippen MR) is 70.8 cm³/mol. The molecular formula is C12H13BrFN3O2. The summed E-state index contributed by atoms with van der Waals surface area (Å²) in [6.45, 7) is 2.70. The van der Waals surface area contributed by atoms with Crippen LogP contribution in [0, 0.1) is 5.82 Å². The molecule has 1 aromatic heterocycles. The van der Waals surface area contributed by atoms with Gasteiger partial charge in [0, 0.05) is 11.1 Å². The lowest BCUT2D eigenvalue weighted by molar-refractivity contribution is 0.130. The molecule has 0 radical (unpaired) electrons. The Hall–Kier alpha value is -1.31. The summed E-state index contributed by atoms with van der Waals surface area (Å²) in [5.74, 6) is -0.0616. The Labute approximate surface area is 118 Å². The normalized spacial score (nSPS) is 12.6. The number of benzene rings is 1. The van der Waals surface area contributed by atoms with Crippen molar-refractivity contribution in [3.05, 3.63) is 34.3 Å². The third kappa shape index (κ3) is 3.17. The van der Waals surface area contributed by atoms with Crippen molar-refractivity contribution in [2.45, 2.75) is 13.0 Å². The Kier molecular flexibility index (Phi) is 4.62. The van der Waals surface area contributed by atoms with E-state index in [-0.39, 0.29) is 18.1 Å². The maximum atomic E-state index is 13.7. The van der Waals surface area contributed by atoms with E-state index in [1.165, 1.54) is 6.07 Å². The summed E-state index contributed by atoms with van der Waals surface area (Å²) in [4.78, 5) is 4.10. The maximum Gasteiger partial charge on any atom is 0.262 e. The van der Waals surface area contributed by atoms with Crippen molar-refractivity contribution < 1.29 is 13.7 Å². The largest absolute Gasteiger partial charge is 0.380 e. The fourth-order valence-corrected chi connectivity index (χ4v) is 2.02. The minimum absolute atomic E-state index is 0.0897. The number of hydrogen-bond acceptors (Lipinski definition) is 5. The maximum absolute atomic E-state index is 13.7. The molecule has 1 aromatic carbocycles. The van der Waals surface area contributed by atoms with Crippen molar-refractivity contribution in [2.24, 2.45) is 5.73 Å². The first-order chi connectivity index (χ1) is 9.13. The molecule has 2 N–H and O–H groups in total. The van der Waals surface area contributed by atoms with Crippen LogP contribution in [0.25, 0.3) is 11.5 Å². The van der Waals surface area contributed by atoms with Gasteiger partial charge in [-0.05, 0) is 35.0 Å².